The molecule has 0 saturated carbocycles. The van der Waals surface area contributed by atoms with Gasteiger partial charge in [-0.05, 0) is 30.7 Å². The van der Waals surface area contributed by atoms with E-state index in [2.05, 4.69) is 10.2 Å². The Morgan fingerprint density at radius 1 is 1.00 bits per heavy atom. The molecule has 1 aromatic heterocycles. The summed E-state index contributed by atoms with van der Waals surface area (Å²) in [6.07, 6.45) is 0. The molecule has 3 rings (SSSR count). The topological polar surface area (TPSA) is 116 Å². The summed E-state index contributed by atoms with van der Waals surface area (Å²) in [5, 5.41) is 37.6. The van der Waals surface area contributed by atoms with Crippen LogP contribution in [0.5, 0.6) is 17.2 Å². The summed E-state index contributed by atoms with van der Waals surface area (Å²) >= 11 is 0. The van der Waals surface area contributed by atoms with Gasteiger partial charge in [0.05, 0.1) is 0 Å². The van der Waals surface area contributed by atoms with Crippen LogP contribution in [0.4, 0.5) is 11.4 Å². The van der Waals surface area contributed by atoms with E-state index in [9.17, 15) is 20.1 Å². The SMILES string of the molecule is Cc1cc(=O)oc2c(N=Nc3ccccc3O)c(O)c(O)cc12. The number of benzene rings is 2. The van der Waals surface area contributed by atoms with Crippen LogP contribution in [0.1, 0.15) is 5.56 Å². The number of phenolic OH excluding ortho intramolecular Hbond substituents is 3. The van der Waals surface area contributed by atoms with Crippen molar-refractivity contribution in [2.45, 2.75) is 6.92 Å². The van der Waals surface area contributed by atoms with Crippen LogP contribution in [-0.2, 0) is 0 Å². The van der Waals surface area contributed by atoms with E-state index in [1.807, 2.05) is 0 Å². The van der Waals surface area contributed by atoms with Gasteiger partial charge in [-0.3, -0.25) is 0 Å². The fourth-order valence-electron chi connectivity index (χ4n) is 2.15. The monoisotopic (exact) mass is 312 g/mol. The lowest BCUT2D eigenvalue weighted by Crippen LogP contribution is -1.97. The highest BCUT2D eigenvalue weighted by Crippen LogP contribution is 2.43. The second-order valence-corrected chi connectivity index (χ2v) is 4.91. The zero-order valence-corrected chi connectivity index (χ0v) is 12.0. The van der Waals surface area contributed by atoms with Crippen LogP contribution >= 0.6 is 0 Å². The standard InChI is InChI=1S/C16H12N2O5/c1-8-6-13(21)23-16-9(8)7-12(20)15(22)14(16)18-17-10-4-2-3-5-11(10)19/h2-7,19-20,22H,1H3. The molecular weight excluding hydrogens is 300 g/mol. The Kier molecular flexibility index (Phi) is 3.46. The molecule has 7 heteroatoms. The highest BCUT2D eigenvalue weighted by molar-refractivity contribution is 5.94. The number of para-hydroxylation sites is 1. The van der Waals surface area contributed by atoms with Gasteiger partial charge in [0.25, 0.3) is 0 Å². The van der Waals surface area contributed by atoms with E-state index in [-0.39, 0.29) is 22.7 Å². The van der Waals surface area contributed by atoms with Crippen molar-refractivity contribution in [2.75, 3.05) is 0 Å². The van der Waals surface area contributed by atoms with Crippen molar-refractivity contribution in [1.29, 1.82) is 0 Å². The van der Waals surface area contributed by atoms with Crippen LogP contribution in [0.3, 0.4) is 0 Å². The molecule has 7 nitrogen and oxygen atoms in total. The van der Waals surface area contributed by atoms with Crippen molar-refractivity contribution in [1.82, 2.24) is 0 Å². The highest BCUT2D eigenvalue weighted by Gasteiger charge is 2.16. The molecule has 0 radical (unpaired) electrons. The van der Waals surface area contributed by atoms with Gasteiger partial charge in [0.15, 0.2) is 22.8 Å². The molecule has 116 valence electrons. The summed E-state index contributed by atoms with van der Waals surface area (Å²) < 4.78 is 5.09. The second kappa shape index (κ2) is 5.45. The summed E-state index contributed by atoms with van der Waals surface area (Å²) in [6, 6.07) is 8.77. The third kappa shape index (κ3) is 2.59. The van der Waals surface area contributed by atoms with E-state index in [0.29, 0.717) is 10.9 Å². The summed E-state index contributed by atoms with van der Waals surface area (Å²) in [5.74, 6) is -1.08. The van der Waals surface area contributed by atoms with E-state index in [4.69, 9.17) is 4.42 Å². The van der Waals surface area contributed by atoms with Crippen LogP contribution < -0.4 is 5.63 Å². The average molecular weight is 312 g/mol. The van der Waals surface area contributed by atoms with Gasteiger partial charge in [-0.1, -0.05) is 12.1 Å². The lowest BCUT2D eigenvalue weighted by molar-refractivity contribution is 0.404. The molecule has 0 amide bonds. The molecule has 23 heavy (non-hydrogen) atoms. The minimum absolute atomic E-state index is 0.00414. The number of rotatable bonds is 2. The van der Waals surface area contributed by atoms with E-state index < -0.39 is 17.1 Å². The van der Waals surface area contributed by atoms with Gasteiger partial charge >= 0.3 is 5.63 Å². The minimum atomic E-state index is -0.612. The molecule has 0 aliphatic heterocycles. The van der Waals surface area contributed by atoms with Crippen molar-refractivity contribution in [3.8, 4) is 17.2 Å². The molecule has 3 N–H and O–H groups in total. The summed E-state index contributed by atoms with van der Waals surface area (Å²) in [7, 11) is 0. The van der Waals surface area contributed by atoms with Crippen molar-refractivity contribution in [3.63, 3.8) is 0 Å². The van der Waals surface area contributed by atoms with Gasteiger partial charge in [-0.2, -0.15) is 0 Å². The maximum atomic E-state index is 11.6. The summed E-state index contributed by atoms with van der Waals surface area (Å²) in [6.45, 7) is 1.67. The molecule has 0 saturated heterocycles. The maximum absolute atomic E-state index is 11.6. The Morgan fingerprint density at radius 2 is 1.74 bits per heavy atom. The Morgan fingerprint density at radius 3 is 2.48 bits per heavy atom. The fraction of sp³-hybridized carbons (Fsp3) is 0.0625. The zero-order chi connectivity index (χ0) is 16.6. The van der Waals surface area contributed by atoms with E-state index >= 15 is 0 Å². The number of aromatic hydroxyl groups is 3. The van der Waals surface area contributed by atoms with Crippen LogP contribution in [-0.4, -0.2) is 15.3 Å². The number of fused-ring (bicyclic) bond motifs is 1. The van der Waals surface area contributed by atoms with Gasteiger partial charge in [0, 0.05) is 11.5 Å². The molecule has 0 aliphatic rings. The average Bonchev–Trinajstić information content (AvgIpc) is 2.50. The molecule has 0 spiro atoms. The van der Waals surface area contributed by atoms with Gasteiger partial charge in [0.1, 0.15) is 11.4 Å². The number of azo groups is 1. The first-order chi connectivity index (χ1) is 11.0. The van der Waals surface area contributed by atoms with Crippen LogP contribution in [0.15, 0.2) is 55.8 Å². The molecule has 0 atom stereocenters. The summed E-state index contributed by atoms with van der Waals surface area (Å²) in [4.78, 5) is 11.6. The van der Waals surface area contributed by atoms with Crippen molar-refractivity contribution >= 4 is 22.3 Å². The third-order valence-corrected chi connectivity index (χ3v) is 3.31. The first kappa shape index (κ1) is 14.6. The largest absolute Gasteiger partial charge is 0.506 e. The molecule has 3 aromatic rings. The van der Waals surface area contributed by atoms with Crippen LogP contribution in [0, 0.1) is 6.92 Å². The predicted octanol–water partition coefficient (Wildman–Crippen LogP) is 3.63. The fourth-order valence-corrected chi connectivity index (χ4v) is 2.15. The molecule has 0 fully saturated rings. The maximum Gasteiger partial charge on any atom is 0.336 e. The molecule has 0 unspecified atom stereocenters. The smallest absolute Gasteiger partial charge is 0.336 e. The Labute approximate surface area is 129 Å². The molecular formula is C16H12N2O5. The Balaban J connectivity index is 2.26. The first-order valence-electron chi connectivity index (χ1n) is 6.66. The number of hydrogen-bond donors (Lipinski definition) is 3. The van der Waals surface area contributed by atoms with E-state index in [1.165, 1.54) is 24.3 Å². The van der Waals surface area contributed by atoms with Crippen molar-refractivity contribution in [2.24, 2.45) is 10.2 Å². The third-order valence-electron chi connectivity index (χ3n) is 3.31. The predicted molar refractivity (Wildman–Crippen MR) is 82.8 cm³/mol. The van der Waals surface area contributed by atoms with Gasteiger partial charge in [0.2, 0.25) is 0 Å². The summed E-state index contributed by atoms with van der Waals surface area (Å²) in [5.41, 5.74) is -0.0726. The van der Waals surface area contributed by atoms with Gasteiger partial charge < -0.3 is 19.7 Å². The number of aryl methyl sites for hydroxylation is 1. The van der Waals surface area contributed by atoms with Gasteiger partial charge in [-0.15, -0.1) is 10.2 Å². The first-order valence-corrected chi connectivity index (χ1v) is 6.66. The highest BCUT2D eigenvalue weighted by atomic mass is 16.4. The molecule has 0 bridgehead atoms. The number of phenols is 3. The molecule has 1 heterocycles. The Hall–Kier alpha value is -3.35. The number of hydrogen-bond acceptors (Lipinski definition) is 7. The zero-order valence-electron chi connectivity index (χ0n) is 12.0. The lowest BCUT2D eigenvalue weighted by atomic mass is 10.1. The van der Waals surface area contributed by atoms with E-state index in [1.54, 1.807) is 19.1 Å². The van der Waals surface area contributed by atoms with E-state index in [0.717, 1.165) is 0 Å². The lowest BCUT2D eigenvalue weighted by Gasteiger charge is -2.06. The van der Waals surface area contributed by atoms with Crippen LogP contribution in [0.25, 0.3) is 11.0 Å². The van der Waals surface area contributed by atoms with Crippen LogP contribution in [0.2, 0.25) is 0 Å². The minimum Gasteiger partial charge on any atom is -0.506 e. The second-order valence-electron chi connectivity index (χ2n) is 4.91. The molecule has 0 aliphatic carbocycles. The normalized spacial score (nSPS) is 11.3. The quantitative estimate of drug-likeness (QED) is 0.379. The molecule has 2 aromatic carbocycles. The van der Waals surface area contributed by atoms with Crippen molar-refractivity contribution < 1.29 is 19.7 Å². The van der Waals surface area contributed by atoms with Crippen molar-refractivity contribution in [3.05, 3.63) is 52.4 Å². The Bertz CT molecular complexity index is 992. The number of nitrogens with zero attached hydrogens (tertiary/aromatic N) is 2. The van der Waals surface area contributed by atoms with Gasteiger partial charge in [-0.25, -0.2) is 4.79 Å².